The van der Waals surface area contributed by atoms with Crippen molar-refractivity contribution in [2.75, 3.05) is 18.4 Å². The van der Waals surface area contributed by atoms with Crippen molar-refractivity contribution in [3.05, 3.63) is 47.0 Å². The molecule has 5 nitrogen and oxygen atoms in total. The number of thioether (sulfide) groups is 1. The molecule has 3 rings (SSSR count). The van der Waals surface area contributed by atoms with Crippen molar-refractivity contribution in [3.63, 3.8) is 0 Å². The molecule has 1 aromatic rings. The van der Waals surface area contributed by atoms with Gasteiger partial charge in [-0.15, -0.1) is 0 Å². The number of rotatable bonds is 3. The van der Waals surface area contributed by atoms with Gasteiger partial charge in [0.2, 0.25) is 0 Å². The molecule has 0 atom stereocenters. The lowest BCUT2D eigenvalue weighted by Gasteiger charge is -2.17. The maximum Gasteiger partial charge on any atom is 0.168 e. The van der Waals surface area contributed by atoms with Crippen LogP contribution in [0, 0.1) is 22.7 Å². The van der Waals surface area contributed by atoms with Gasteiger partial charge in [0.05, 0.1) is 12.2 Å². The molecule has 0 aromatic heterocycles. The zero-order chi connectivity index (χ0) is 14.7. The molecule has 0 saturated heterocycles. The largest absolute Gasteiger partial charge is 0.360 e. The predicted molar refractivity (Wildman–Crippen MR) is 83.9 cm³/mol. The number of nitrogens with one attached hydrogen (secondary N) is 1. The maximum absolute atomic E-state index is 8.72. The van der Waals surface area contributed by atoms with Gasteiger partial charge in [-0.1, -0.05) is 23.9 Å². The number of allylic oxidation sites excluding steroid dienone is 1. The monoisotopic (exact) mass is 293 g/mol. The van der Waals surface area contributed by atoms with Crippen molar-refractivity contribution >= 4 is 28.3 Å². The molecule has 0 unspecified atom stereocenters. The van der Waals surface area contributed by atoms with E-state index < -0.39 is 0 Å². The highest BCUT2D eigenvalue weighted by atomic mass is 32.2. The number of aliphatic imine (C=N–C) groups is 1. The van der Waals surface area contributed by atoms with E-state index >= 15 is 0 Å². The van der Waals surface area contributed by atoms with Crippen molar-refractivity contribution in [3.8, 4) is 12.1 Å². The zero-order valence-corrected chi connectivity index (χ0v) is 11.9. The van der Waals surface area contributed by atoms with Gasteiger partial charge in [-0.05, 0) is 12.1 Å². The number of nitriles is 2. The van der Waals surface area contributed by atoms with Gasteiger partial charge >= 0.3 is 0 Å². The van der Waals surface area contributed by atoms with Gasteiger partial charge in [-0.3, -0.25) is 4.99 Å². The molecule has 2 aliphatic rings. The topological polar surface area (TPSA) is 75.2 Å². The second-order valence-corrected chi connectivity index (χ2v) is 5.28. The van der Waals surface area contributed by atoms with Crippen LogP contribution >= 0.6 is 11.8 Å². The molecule has 1 N–H and O–H groups in total. The zero-order valence-electron chi connectivity index (χ0n) is 11.1. The summed E-state index contributed by atoms with van der Waals surface area (Å²) in [6, 6.07) is 11.5. The Morgan fingerprint density at radius 3 is 3.05 bits per heavy atom. The van der Waals surface area contributed by atoms with Crippen LogP contribution in [0.1, 0.15) is 5.56 Å². The van der Waals surface area contributed by atoms with E-state index in [2.05, 4.69) is 20.6 Å². The molecule has 0 aliphatic carbocycles. The average Bonchev–Trinajstić information content (AvgIpc) is 3.11. The highest BCUT2D eigenvalue weighted by molar-refractivity contribution is 8.16. The molecule has 2 heterocycles. The van der Waals surface area contributed by atoms with E-state index in [9.17, 15) is 0 Å². The van der Waals surface area contributed by atoms with E-state index in [0.717, 1.165) is 35.2 Å². The highest BCUT2D eigenvalue weighted by Gasteiger charge is 2.26. The number of hydrogen-bond donors (Lipinski definition) is 1. The van der Waals surface area contributed by atoms with Crippen LogP contribution in [0.3, 0.4) is 0 Å². The van der Waals surface area contributed by atoms with Gasteiger partial charge in [0, 0.05) is 29.4 Å². The van der Waals surface area contributed by atoms with Crippen molar-refractivity contribution in [2.24, 2.45) is 4.99 Å². The van der Waals surface area contributed by atoms with Crippen LogP contribution in [0.5, 0.6) is 0 Å². The first-order chi connectivity index (χ1) is 10.3. The first kappa shape index (κ1) is 13.3. The Kier molecular flexibility index (Phi) is 3.63. The van der Waals surface area contributed by atoms with Crippen LogP contribution in [-0.2, 0) is 0 Å². The molecule has 6 heteroatoms. The minimum atomic E-state index is 0.0463. The van der Waals surface area contributed by atoms with Crippen LogP contribution in [0.25, 0.3) is 5.70 Å². The second-order valence-electron chi connectivity index (χ2n) is 4.44. The Morgan fingerprint density at radius 1 is 1.38 bits per heavy atom. The van der Waals surface area contributed by atoms with E-state index in [1.54, 1.807) is 11.8 Å². The van der Waals surface area contributed by atoms with Gasteiger partial charge in [-0.2, -0.15) is 10.5 Å². The summed E-state index contributed by atoms with van der Waals surface area (Å²) >= 11 is 1.64. The van der Waals surface area contributed by atoms with E-state index in [-0.39, 0.29) is 5.57 Å². The van der Waals surface area contributed by atoms with Gasteiger partial charge in [0.1, 0.15) is 17.7 Å². The number of amidine groups is 1. The molecule has 0 amide bonds. The Balaban J connectivity index is 1.82. The third-order valence-corrected chi connectivity index (χ3v) is 4.05. The van der Waals surface area contributed by atoms with E-state index in [4.69, 9.17) is 10.5 Å². The Labute approximate surface area is 126 Å². The molecule has 21 heavy (non-hydrogen) atoms. The van der Waals surface area contributed by atoms with Gasteiger partial charge in [0.25, 0.3) is 0 Å². The average molecular weight is 293 g/mol. The first-order valence-corrected chi connectivity index (χ1v) is 7.26. The predicted octanol–water partition coefficient (Wildman–Crippen LogP) is 2.75. The van der Waals surface area contributed by atoms with E-state index in [0.29, 0.717) is 0 Å². The fraction of sp³-hybridized carbons (Fsp3) is 0.133. The SMILES string of the molecule is N#CC(C#N)=CNc1cccc(C2=CSC3=NCCN23)c1. The lowest BCUT2D eigenvalue weighted by atomic mass is 10.1. The van der Waals surface area contributed by atoms with Crippen LogP contribution in [0.15, 0.2) is 46.4 Å². The Bertz CT molecular complexity index is 732. The molecule has 0 fully saturated rings. The molecule has 0 spiro atoms. The number of nitrogens with zero attached hydrogens (tertiary/aromatic N) is 4. The highest BCUT2D eigenvalue weighted by Crippen LogP contribution is 2.35. The van der Waals surface area contributed by atoms with Crippen molar-refractivity contribution < 1.29 is 0 Å². The third-order valence-electron chi connectivity index (χ3n) is 3.15. The van der Waals surface area contributed by atoms with Crippen LogP contribution in [-0.4, -0.2) is 23.2 Å². The van der Waals surface area contributed by atoms with Crippen LogP contribution < -0.4 is 5.32 Å². The van der Waals surface area contributed by atoms with Crippen LogP contribution in [0.2, 0.25) is 0 Å². The van der Waals surface area contributed by atoms with Crippen molar-refractivity contribution in [1.82, 2.24) is 4.90 Å². The fourth-order valence-corrected chi connectivity index (χ4v) is 3.12. The van der Waals surface area contributed by atoms with Crippen molar-refractivity contribution in [1.29, 1.82) is 10.5 Å². The van der Waals surface area contributed by atoms with Gasteiger partial charge in [-0.25, -0.2) is 0 Å². The van der Waals surface area contributed by atoms with Crippen molar-refractivity contribution in [2.45, 2.75) is 0 Å². The summed E-state index contributed by atoms with van der Waals surface area (Å²) in [5.41, 5.74) is 3.11. The summed E-state index contributed by atoms with van der Waals surface area (Å²) < 4.78 is 0. The smallest absolute Gasteiger partial charge is 0.168 e. The summed E-state index contributed by atoms with van der Waals surface area (Å²) in [6.45, 7) is 1.76. The third kappa shape index (κ3) is 2.62. The Morgan fingerprint density at radius 2 is 2.24 bits per heavy atom. The van der Waals surface area contributed by atoms with E-state index in [1.807, 2.05) is 36.4 Å². The second kappa shape index (κ2) is 5.74. The standard InChI is InChI=1S/C15H11N5S/c16-7-11(8-17)9-19-13-3-1-2-12(6-13)14-10-21-15-18-4-5-20(14)15/h1-3,6,9-10,19H,4-5H2. The molecule has 2 aliphatic heterocycles. The molecule has 0 bridgehead atoms. The van der Waals surface area contributed by atoms with Gasteiger partial charge < -0.3 is 10.2 Å². The minimum Gasteiger partial charge on any atom is -0.360 e. The lowest BCUT2D eigenvalue weighted by Crippen LogP contribution is -2.19. The molecule has 0 saturated carbocycles. The van der Waals surface area contributed by atoms with Gasteiger partial charge in [0.15, 0.2) is 5.17 Å². The fourth-order valence-electron chi connectivity index (χ4n) is 2.16. The lowest BCUT2D eigenvalue weighted by molar-refractivity contribution is 0.650. The number of benzene rings is 1. The van der Waals surface area contributed by atoms with E-state index in [1.165, 1.54) is 6.20 Å². The number of hydrogen-bond acceptors (Lipinski definition) is 6. The summed E-state index contributed by atoms with van der Waals surface area (Å²) in [5, 5.41) is 23.6. The normalized spacial score (nSPS) is 15.4. The number of fused-ring (bicyclic) bond motifs is 1. The molecular formula is C15H11N5S. The summed E-state index contributed by atoms with van der Waals surface area (Å²) in [4.78, 5) is 6.64. The minimum absolute atomic E-state index is 0.0463. The summed E-state index contributed by atoms with van der Waals surface area (Å²) in [5.74, 6) is 0. The first-order valence-electron chi connectivity index (χ1n) is 6.38. The molecule has 1 aromatic carbocycles. The van der Waals surface area contributed by atoms with Crippen LogP contribution in [0.4, 0.5) is 5.69 Å². The summed E-state index contributed by atoms with van der Waals surface area (Å²) in [6.07, 6.45) is 1.42. The quantitative estimate of drug-likeness (QED) is 0.867. The molecule has 0 radical (unpaired) electrons. The Hall–Kier alpha value is -2.70. The molecular weight excluding hydrogens is 282 g/mol. The maximum atomic E-state index is 8.72. The summed E-state index contributed by atoms with van der Waals surface area (Å²) in [7, 11) is 0. The molecule has 102 valence electrons. The number of anilines is 1.